The van der Waals surface area contributed by atoms with Crippen molar-refractivity contribution in [3.63, 3.8) is 0 Å². The quantitative estimate of drug-likeness (QED) is 0.517. The summed E-state index contributed by atoms with van der Waals surface area (Å²) >= 11 is 12.2. The monoisotopic (exact) mass is 493 g/mol. The van der Waals surface area contributed by atoms with Crippen LogP contribution in [-0.2, 0) is 20.0 Å². The second-order valence-corrected chi connectivity index (χ2v) is 10.7. The molecule has 0 aliphatic heterocycles. The minimum absolute atomic E-state index is 0.0424. The summed E-state index contributed by atoms with van der Waals surface area (Å²) in [7, 11) is -7.85. The number of nitrogens with one attached hydrogen (secondary N) is 2. The lowest BCUT2D eigenvalue weighted by Gasteiger charge is -2.15. The van der Waals surface area contributed by atoms with Gasteiger partial charge in [0.1, 0.15) is 4.90 Å². The van der Waals surface area contributed by atoms with E-state index in [2.05, 4.69) is 10.0 Å². The third-order valence-corrected chi connectivity index (χ3v) is 7.37. The van der Waals surface area contributed by atoms with Crippen LogP contribution >= 0.6 is 23.2 Å². The van der Waals surface area contributed by atoms with Crippen molar-refractivity contribution in [2.75, 3.05) is 5.32 Å². The average molecular weight is 494 g/mol. The molecule has 0 spiro atoms. The van der Waals surface area contributed by atoms with E-state index < -0.39 is 26.0 Å². The van der Waals surface area contributed by atoms with Crippen molar-refractivity contribution in [3.8, 4) is 0 Å². The lowest BCUT2D eigenvalue weighted by atomic mass is 10.2. The maximum absolute atomic E-state index is 12.7. The van der Waals surface area contributed by atoms with Crippen molar-refractivity contribution in [3.05, 3.63) is 52.0 Å². The number of benzene rings is 2. The van der Waals surface area contributed by atoms with E-state index >= 15 is 0 Å². The lowest BCUT2D eigenvalue weighted by Crippen LogP contribution is -2.32. The van der Waals surface area contributed by atoms with Gasteiger partial charge in [-0.1, -0.05) is 36.5 Å². The summed E-state index contributed by atoms with van der Waals surface area (Å²) in [6.45, 7) is 3.65. The van der Waals surface area contributed by atoms with Crippen LogP contribution in [0.3, 0.4) is 0 Å². The molecule has 1 amide bonds. The highest BCUT2D eigenvalue weighted by molar-refractivity contribution is 7.89. The Hall–Kier alpha value is -1.69. The van der Waals surface area contributed by atoms with Crippen molar-refractivity contribution in [1.29, 1.82) is 0 Å². The fourth-order valence-corrected chi connectivity index (χ4v) is 5.31. The van der Waals surface area contributed by atoms with E-state index in [0.29, 0.717) is 6.42 Å². The van der Waals surface area contributed by atoms with Gasteiger partial charge in [-0.3, -0.25) is 4.79 Å². The smallest absolute Gasteiger partial charge is 0.257 e. The van der Waals surface area contributed by atoms with Gasteiger partial charge in [-0.15, -0.1) is 0 Å². The normalized spacial score (nSPS) is 13.1. The number of anilines is 1. The molecular weight excluding hydrogens is 473 g/mol. The van der Waals surface area contributed by atoms with Crippen LogP contribution in [0.2, 0.25) is 10.0 Å². The van der Waals surface area contributed by atoms with Crippen molar-refractivity contribution >= 4 is 54.8 Å². The third kappa shape index (κ3) is 6.16. The number of hydrogen-bond donors (Lipinski definition) is 3. The first-order valence-electron chi connectivity index (χ1n) is 8.80. The molecule has 2 rings (SSSR count). The van der Waals surface area contributed by atoms with Gasteiger partial charge in [-0.25, -0.2) is 26.7 Å². The number of rotatable bonds is 8. The Morgan fingerprint density at radius 1 is 1.07 bits per heavy atom. The highest BCUT2D eigenvalue weighted by atomic mass is 35.5. The first-order chi connectivity index (χ1) is 13.8. The van der Waals surface area contributed by atoms with E-state index in [4.69, 9.17) is 28.3 Å². The second-order valence-electron chi connectivity index (χ2n) is 6.60. The van der Waals surface area contributed by atoms with Crippen molar-refractivity contribution in [1.82, 2.24) is 4.72 Å². The van der Waals surface area contributed by atoms with E-state index in [1.807, 2.05) is 6.92 Å². The molecule has 164 valence electrons. The molecule has 1 atom stereocenters. The van der Waals surface area contributed by atoms with E-state index in [1.54, 1.807) is 6.92 Å². The minimum Gasteiger partial charge on any atom is -0.322 e. The van der Waals surface area contributed by atoms with Gasteiger partial charge < -0.3 is 5.32 Å². The van der Waals surface area contributed by atoms with Crippen LogP contribution < -0.4 is 15.2 Å². The zero-order chi connectivity index (χ0) is 22.7. The van der Waals surface area contributed by atoms with Crippen LogP contribution in [0, 0.1) is 0 Å². The molecule has 0 bridgehead atoms. The van der Waals surface area contributed by atoms with Crippen molar-refractivity contribution < 1.29 is 21.6 Å². The fraction of sp³-hybridized carbons (Fsp3) is 0.278. The maximum Gasteiger partial charge on any atom is 0.257 e. The van der Waals surface area contributed by atoms with Crippen LogP contribution in [0.4, 0.5) is 5.69 Å². The highest BCUT2D eigenvalue weighted by Gasteiger charge is 2.24. The van der Waals surface area contributed by atoms with E-state index in [-0.39, 0.29) is 37.1 Å². The number of amides is 1. The largest absolute Gasteiger partial charge is 0.322 e. The maximum atomic E-state index is 12.7. The van der Waals surface area contributed by atoms with Crippen molar-refractivity contribution in [2.24, 2.45) is 5.14 Å². The van der Waals surface area contributed by atoms with Crippen LogP contribution in [-0.4, -0.2) is 28.8 Å². The average Bonchev–Trinajstić information content (AvgIpc) is 2.60. The summed E-state index contributed by atoms with van der Waals surface area (Å²) < 4.78 is 50.5. The van der Waals surface area contributed by atoms with Gasteiger partial charge in [-0.05, 0) is 49.7 Å². The van der Waals surface area contributed by atoms with Crippen LogP contribution in [0.15, 0.2) is 46.2 Å². The molecular formula is C18H21Cl2N3O5S2. The Labute approximate surface area is 185 Å². The van der Waals surface area contributed by atoms with E-state index in [0.717, 1.165) is 12.5 Å². The van der Waals surface area contributed by atoms with Crippen LogP contribution in [0.1, 0.15) is 37.0 Å². The molecule has 2 aromatic rings. The van der Waals surface area contributed by atoms with Gasteiger partial charge in [0.2, 0.25) is 20.0 Å². The topological polar surface area (TPSA) is 135 Å². The molecule has 2 aromatic carbocycles. The summed E-state index contributed by atoms with van der Waals surface area (Å²) in [5.41, 5.74) is 0.151. The van der Waals surface area contributed by atoms with Crippen LogP contribution in [0.25, 0.3) is 0 Å². The zero-order valence-electron chi connectivity index (χ0n) is 16.1. The predicted molar refractivity (Wildman–Crippen MR) is 117 cm³/mol. The number of halogens is 2. The molecule has 0 fully saturated rings. The number of sulfonamides is 2. The summed E-state index contributed by atoms with van der Waals surface area (Å²) in [5, 5.41) is 7.39. The lowest BCUT2D eigenvalue weighted by molar-refractivity contribution is 0.102. The molecule has 0 saturated heterocycles. The molecule has 0 aliphatic carbocycles. The summed E-state index contributed by atoms with van der Waals surface area (Å²) in [5.74, 6) is -0.696. The van der Waals surface area contributed by atoms with Gasteiger partial charge in [0.15, 0.2) is 0 Å². The molecule has 0 aliphatic rings. The Morgan fingerprint density at radius 2 is 1.67 bits per heavy atom. The molecule has 8 nitrogen and oxygen atoms in total. The first kappa shape index (κ1) is 24.6. The number of nitrogens with two attached hydrogens (primary N) is 1. The van der Waals surface area contributed by atoms with Crippen LogP contribution in [0.5, 0.6) is 0 Å². The molecule has 0 radical (unpaired) electrons. The number of primary sulfonamides is 1. The predicted octanol–water partition coefficient (Wildman–Crippen LogP) is 3.36. The molecule has 12 heteroatoms. The highest BCUT2D eigenvalue weighted by Crippen LogP contribution is 2.29. The van der Waals surface area contributed by atoms with E-state index in [9.17, 15) is 21.6 Å². The summed E-state index contributed by atoms with van der Waals surface area (Å²) in [4.78, 5) is 12.2. The molecule has 0 heterocycles. The van der Waals surface area contributed by atoms with Gasteiger partial charge >= 0.3 is 0 Å². The Kier molecular flexibility index (Phi) is 7.89. The molecule has 0 aromatic heterocycles. The van der Waals surface area contributed by atoms with E-state index in [1.165, 1.54) is 30.3 Å². The molecule has 0 saturated carbocycles. The number of carbonyl (C=O) groups is 1. The van der Waals surface area contributed by atoms with Gasteiger partial charge in [0.05, 0.1) is 20.5 Å². The van der Waals surface area contributed by atoms with Crippen molar-refractivity contribution in [2.45, 2.75) is 42.5 Å². The molecule has 30 heavy (non-hydrogen) atoms. The molecule has 4 N–H and O–H groups in total. The number of carbonyl (C=O) groups excluding carboxylic acids is 1. The Morgan fingerprint density at radius 3 is 2.20 bits per heavy atom. The fourth-order valence-electron chi connectivity index (χ4n) is 2.66. The Balaban J connectivity index is 2.33. The SMILES string of the molecule is CCC[C@H](C)NS(=O)(=O)c1cc(C(=O)Nc2ccc(S(N)(=O)=O)cc2)c(Cl)cc1Cl. The third-order valence-electron chi connectivity index (χ3n) is 4.07. The summed E-state index contributed by atoms with van der Waals surface area (Å²) in [6, 6.07) is 7.09. The first-order valence-corrected chi connectivity index (χ1v) is 12.6. The summed E-state index contributed by atoms with van der Waals surface area (Å²) in [6.07, 6.45) is 1.42. The van der Waals surface area contributed by atoms with Gasteiger partial charge in [0, 0.05) is 11.7 Å². The van der Waals surface area contributed by atoms with Gasteiger partial charge in [-0.2, -0.15) is 0 Å². The zero-order valence-corrected chi connectivity index (χ0v) is 19.3. The second kappa shape index (κ2) is 9.63. The number of hydrogen-bond acceptors (Lipinski definition) is 5. The van der Waals surface area contributed by atoms with Gasteiger partial charge in [0.25, 0.3) is 5.91 Å². The molecule has 0 unspecified atom stereocenters. The standard InChI is InChI=1S/C18H21Cl2N3O5S2/c1-3-4-11(2)23-30(27,28)17-9-14(15(19)10-16(17)20)18(24)22-12-5-7-13(8-6-12)29(21,25)26/h5-11,23H,3-4H2,1-2H3,(H,22,24)(H2,21,25,26)/t11-/m0/s1. The Bertz CT molecular complexity index is 1150. The minimum atomic E-state index is -3.98.